The Morgan fingerprint density at radius 1 is 1.11 bits per heavy atom. The largest absolute Gasteiger partial charge is 0.336 e. The molecule has 6 heteroatoms. The van der Waals surface area contributed by atoms with Crippen LogP contribution >= 0.6 is 0 Å². The van der Waals surface area contributed by atoms with Crippen LogP contribution in [0.5, 0.6) is 0 Å². The molecule has 2 aromatic carbocycles. The number of nitrogens with zero attached hydrogens (tertiary/aromatic N) is 3. The van der Waals surface area contributed by atoms with Gasteiger partial charge in [0.25, 0.3) is 11.5 Å². The van der Waals surface area contributed by atoms with Crippen LogP contribution in [0.15, 0.2) is 53.3 Å². The number of halogens is 1. The fourth-order valence-electron chi connectivity index (χ4n) is 3.22. The molecule has 1 amide bonds. The fraction of sp³-hybridized carbons (Fsp3) is 0.318. The van der Waals surface area contributed by atoms with E-state index in [1.807, 2.05) is 0 Å². The first-order chi connectivity index (χ1) is 13.5. The molecule has 1 aromatic heterocycles. The molecule has 0 radical (unpaired) electrons. The van der Waals surface area contributed by atoms with Crippen LogP contribution in [-0.2, 0) is 13.1 Å². The zero-order valence-corrected chi connectivity index (χ0v) is 16.2. The van der Waals surface area contributed by atoms with Gasteiger partial charge in [-0.25, -0.2) is 9.07 Å². The van der Waals surface area contributed by atoms with Gasteiger partial charge in [-0.1, -0.05) is 50.1 Å². The van der Waals surface area contributed by atoms with E-state index in [9.17, 15) is 14.0 Å². The molecular weight excluding hydrogens is 357 g/mol. The van der Waals surface area contributed by atoms with Gasteiger partial charge < -0.3 is 4.90 Å². The molecule has 28 heavy (non-hydrogen) atoms. The van der Waals surface area contributed by atoms with E-state index in [4.69, 9.17) is 0 Å². The predicted molar refractivity (Wildman–Crippen MR) is 108 cm³/mol. The van der Waals surface area contributed by atoms with Gasteiger partial charge in [-0.15, -0.1) is 0 Å². The van der Waals surface area contributed by atoms with Crippen molar-refractivity contribution >= 4 is 16.7 Å². The minimum atomic E-state index is -0.341. The Hall–Kier alpha value is -3.02. The second-order valence-corrected chi connectivity index (χ2v) is 6.92. The molecule has 0 fully saturated rings. The summed E-state index contributed by atoms with van der Waals surface area (Å²) in [5.41, 5.74) is 0.748. The summed E-state index contributed by atoms with van der Waals surface area (Å²) in [6, 6.07) is 13.2. The topological polar surface area (TPSA) is 55.2 Å². The highest BCUT2D eigenvalue weighted by Gasteiger charge is 2.20. The number of fused-ring (bicyclic) bond motifs is 1. The lowest BCUT2D eigenvalue weighted by Crippen LogP contribution is -2.32. The summed E-state index contributed by atoms with van der Waals surface area (Å²) in [7, 11) is 1.65. The molecular formula is C22H24FN3O2. The highest BCUT2D eigenvalue weighted by atomic mass is 19.1. The summed E-state index contributed by atoms with van der Waals surface area (Å²) >= 11 is 0. The first kappa shape index (κ1) is 19.7. The molecule has 0 saturated heterocycles. The van der Waals surface area contributed by atoms with Crippen LogP contribution in [0.1, 0.15) is 42.2 Å². The number of hydrogen-bond donors (Lipinski definition) is 0. The number of aryl methyl sites for hydroxylation is 1. The average molecular weight is 381 g/mol. The van der Waals surface area contributed by atoms with Crippen molar-refractivity contribution in [2.45, 2.75) is 39.3 Å². The van der Waals surface area contributed by atoms with Crippen molar-refractivity contribution in [2.75, 3.05) is 7.05 Å². The molecule has 0 aliphatic carbocycles. The minimum absolute atomic E-state index is 0.184. The first-order valence-corrected chi connectivity index (χ1v) is 9.51. The lowest BCUT2D eigenvalue weighted by Gasteiger charge is -2.18. The molecule has 146 valence electrons. The van der Waals surface area contributed by atoms with Gasteiger partial charge in [0.15, 0.2) is 5.69 Å². The van der Waals surface area contributed by atoms with Crippen molar-refractivity contribution in [3.8, 4) is 0 Å². The van der Waals surface area contributed by atoms with E-state index < -0.39 is 0 Å². The third-order valence-corrected chi connectivity index (χ3v) is 4.70. The van der Waals surface area contributed by atoms with E-state index in [-0.39, 0.29) is 29.5 Å². The summed E-state index contributed by atoms with van der Waals surface area (Å²) in [6.45, 7) is 2.82. The highest BCUT2D eigenvalue weighted by molar-refractivity contribution is 6.04. The molecule has 0 unspecified atom stereocenters. The molecule has 5 nitrogen and oxygen atoms in total. The molecule has 0 aliphatic heterocycles. The van der Waals surface area contributed by atoms with Crippen LogP contribution in [0.3, 0.4) is 0 Å². The second-order valence-electron chi connectivity index (χ2n) is 6.92. The third-order valence-electron chi connectivity index (χ3n) is 4.70. The van der Waals surface area contributed by atoms with E-state index in [0.29, 0.717) is 22.9 Å². The molecule has 0 spiro atoms. The molecule has 0 bridgehead atoms. The lowest BCUT2D eigenvalue weighted by atomic mass is 10.1. The van der Waals surface area contributed by atoms with Crippen LogP contribution in [0.25, 0.3) is 10.8 Å². The van der Waals surface area contributed by atoms with E-state index in [1.54, 1.807) is 43.4 Å². The lowest BCUT2D eigenvalue weighted by molar-refractivity contribution is 0.0778. The maximum atomic E-state index is 13.4. The van der Waals surface area contributed by atoms with Gasteiger partial charge in [-0.3, -0.25) is 9.59 Å². The molecule has 1 heterocycles. The van der Waals surface area contributed by atoms with Crippen molar-refractivity contribution in [1.82, 2.24) is 14.7 Å². The summed E-state index contributed by atoms with van der Waals surface area (Å²) in [6.07, 6.45) is 2.85. The predicted octanol–water partition coefficient (Wildman–Crippen LogP) is 4.00. The van der Waals surface area contributed by atoms with Crippen LogP contribution < -0.4 is 5.56 Å². The SMILES string of the molecule is CCCCCn1nc(C(=O)N(C)Cc2cccc(F)c2)c2ccccc2c1=O. The number of rotatable bonds is 7. The molecule has 0 aliphatic rings. The van der Waals surface area contributed by atoms with Gasteiger partial charge in [0.05, 0.1) is 5.39 Å². The van der Waals surface area contributed by atoms with Crippen LogP contribution in [0, 0.1) is 5.82 Å². The van der Waals surface area contributed by atoms with Gasteiger partial charge >= 0.3 is 0 Å². The Morgan fingerprint density at radius 3 is 2.57 bits per heavy atom. The average Bonchev–Trinajstić information content (AvgIpc) is 2.69. The smallest absolute Gasteiger partial charge is 0.274 e. The van der Waals surface area contributed by atoms with Gasteiger partial charge in [-0.05, 0) is 30.2 Å². The normalized spacial score (nSPS) is 11.0. The van der Waals surface area contributed by atoms with Crippen molar-refractivity contribution in [3.63, 3.8) is 0 Å². The standard InChI is InChI=1S/C22H24FN3O2/c1-3-4-7-13-26-21(27)19-12-6-5-11-18(19)20(24-26)22(28)25(2)15-16-9-8-10-17(23)14-16/h5-6,8-12,14H,3-4,7,13,15H2,1-2H3. The van der Waals surface area contributed by atoms with E-state index in [2.05, 4.69) is 12.0 Å². The Bertz CT molecular complexity index is 1050. The number of carbonyl (C=O) groups is 1. The van der Waals surface area contributed by atoms with Gasteiger partial charge in [0.1, 0.15) is 5.82 Å². The van der Waals surface area contributed by atoms with Crippen LogP contribution in [0.2, 0.25) is 0 Å². The van der Waals surface area contributed by atoms with E-state index in [0.717, 1.165) is 19.3 Å². The van der Waals surface area contributed by atoms with Crippen LogP contribution in [0.4, 0.5) is 4.39 Å². The molecule has 0 saturated carbocycles. The van der Waals surface area contributed by atoms with Gasteiger partial charge in [-0.2, -0.15) is 5.10 Å². The molecule has 0 atom stereocenters. The van der Waals surface area contributed by atoms with Crippen molar-refractivity contribution in [1.29, 1.82) is 0 Å². The monoisotopic (exact) mass is 381 g/mol. The number of carbonyl (C=O) groups excluding carboxylic acids is 1. The zero-order valence-electron chi connectivity index (χ0n) is 16.2. The van der Waals surface area contributed by atoms with Gasteiger partial charge in [0, 0.05) is 25.5 Å². The first-order valence-electron chi connectivity index (χ1n) is 9.51. The van der Waals surface area contributed by atoms with Gasteiger partial charge in [0.2, 0.25) is 0 Å². The maximum absolute atomic E-state index is 13.4. The number of unbranched alkanes of at least 4 members (excludes halogenated alkanes) is 2. The van der Waals surface area contributed by atoms with Crippen LogP contribution in [-0.4, -0.2) is 27.6 Å². The maximum Gasteiger partial charge on any atom is 0.274 e. The fourth-order valence-corrected chi connectivity index (χ4v) is 3.22. The Kier molecular flexibility index (Phi) is 6.19. The van der Waals surface area contributed by atoms with Crippen molar-refractivity contribution in [2.24, 2.45) is 0 Å². The second kappa shape index (κ2) is 8.78. The number of amides is 1. The molecule has 0 N–H and O–H groups in total. The van der Waals surface area contributed by atoms with Crippen molar-refractivity contribution in [3.05, 3.63) is 76.0 Å². The zero-order chi connectivity index (χ0) is 20.1. The summed E-state index contributed by atoms with van der Waals surface area (Å²) in [5.74, 6) is -0.642. The Balaban J connectivity index is 1.96. The van der Waals surface area contributed by atoms with E-state index >= 15 is 0 Å². The third kappa shape index (κ3) is 4.27. The summed E-state index contributed by atoms with van der Waals surface area (Å²) in [5, 5.41) is 5.41. The quantitative estimate of drug-likeness (QED) is 0.581. The molecule has 3 aromatic rings. The van der Waals surface area contributed by atoms with E-state index in [1.165, 1.54) is 21.7 Å². The number of hydrogen-bond acceptors (Lipinski definition) is 3. The molecule has 3 rings (SSSR count). The number of benzene rings is 2. The summed E-state index contributed by atoms with van der Waals surface area (Å²) < 4.78 is 14.8. The summed E-state index contributed by atoms with van der Waals surface area (Å²) in [4.78, 5) is 27.3. The highest BCUT2D eigenvalue weighted by Crippen LogP contribution is 2.16. The Morgan fingerprint density at radius 2 is 1.86 bits per heavy atom. The van der Waals surface area contributed by atoms with Crippen molar-refractivity contribution < 1.29 is 9.18 Å². The number of aromatic nitrogens is 2. The minimum Gasteiger partial charge on any atom is -0.336 e. The Labute approximate surface area is 163 Å².